The average molecular weight is 516 g/mol. The number of anilines is 1. The van der Waals surface area contributed by atoms with Crippen molar-refractivity contribution in [2.24, 2.45) is 0 Å². The van der Waals surface area contributed by atoms with Crippen LogP contribution in [-0.2, 0) is 14.3 Å². The number of nitrogens with zero attached hydrogens (tertiary/aromatic N) is 1. The van der Waals surface area contributed by atoms with Gasteiger partial charge in [-0.3, -0.25) is 9.59 Å². The maximum absolute atomic E-state index is 13.8. The van der Waals surface area contributed by atoms with Gasteiger partial charge >= 0.3 is 6.09 Å². The van der Waals surface area contributed by atoms with Crippen molar-refractivity contribution in [1.29, 1.82) is 0 Å². The molecule has 2 atom stereocenters. The van der Waals surface area contributed by atoms with Gasteiger partial charge in [0.25, 0.3) is 5.91 Å². The van der Waals surface area contributed by atoms with Crippen molar-refractivity contribution >= 4 is 35.4 Å². The number of rotatable bonds is 10. The van der Waals surface area contributed by atoms with Gasteiger partial charge in [0.15, 0.2) is 0 Å². The Hall–Kier alpha value is -3.20. The van der Waals surface area contributed by atoms with E-state index in [4.69, 9.17) is 4.74 Å². The summed E-state index contributed by atoms with van der Waals surface area (Å²) >= 11 is 1.55. The Bertz CT molecular complexity index is 1040. The molecule has 9 heteroatoms. The summed E-state index contributed by atoms with van der Waals surface area (Å²) in [6.45, 7) is 9.14. The van der Waals surface area contributed by atoms with E-state index in [1.54, 1.807) is 57.7 Å². The summed E-state index contributed by atoms with van der Waals surface area (Å²) in [7, 11) is 0. The fourth-order valence-corrected chi connectivity index (χ4v) is 4.12. The molecule has 8 nitrogen and oxygen atoms in total. The van der Waals surface area contributed by atoms with E-state index in [2.05, 4.69) is 10.6 Å². The molecule has 0 aliphatic rings. The smallest absolute Gasteiger partial charge is 0.408 e. The van der Waals surface area contributed by atoms with Crippen LogP contribution in [0.25, 0.3) is 0 Å². The number of phenols is 1. The Morgan fingerprint density at radius 2 is 1.72 bits per heavy atom. The lowest BCUT2D eigenvalue weighted by atomic mass is 10.0. The predicted molar refractivity (Wildman–Crippen MR) is 144 cm³/mol. The van der Waals surface area contributed by atoms with Crippen molar-refractivity contribution in [2.45, 2.75) is 58.7 Å². The number of carbonyl (C=O) groups excluding carboxylic acids is 3. The number of phenolic OH excluding ortho intramolecular Hbond substituents is 1. The highest BCUT2D eigenvalue weighted by Gasteiger charge is 2.35. The van der Waals surface area contributed by atoms with Gasteiger partial charge in [-0.1, -0.05) is 30.3 Å². The number of aryl methyl sites for hydroxylation is 1. The first-order valence-electron chi connectivity index (χ1n) is 11.9. The average Bonchev–Trinajstić information content (AvgIpc) is 2.80. The molecule has 0 saturated carbocycles. The number of likely N-dealkylation sites (N-methyl/N-ethyl adjacent to an activating group) is 1. The van der Waals surface area contributed by atoms with Gasteiger partial charge < -0.3 is 25.4 Å². The van der Waals surface area contributed by atoms with Crippen molar-refractivity contribution in [3.63, 3.8) is 0 Å². The van der Waals surface area contributed by atoms with Crippen LogP contribution >= 0.6 is 11.8 Å². The van der Waals surface area contributed by atoms with E-state index in [0.29, 0.717) is 23.4 Å². The maximum atomic E-state index is 13.8. The zero-order valence-electron chi connectivity index (χ0n) is 21.8. The lowest BCUT2D eigenvalue weighted by Crippen LogP contribution is -2.52. The third-order valence-electron chi connectivity index (χ3n) is 5.40. The van der Waals surface area contributed by atoms with E-state index >= 15 is 0 Å². The molecule has 0 aromatic heterocycles. The second-order valence-corrected chi connectivity index (χ2v) is 10.4. The summed E-state index contributed by atoms with van der Waals surface area (Å²) in [6.07, 6.45) is 1.60. The zero-order valence-corrected chi connectivity index (χ0v) is 22.6. The highest BCUT2D eigenvalue weighted by molar-refractivity contribution is 7.98. The third-order valence-corrected chi connectivity index (χ3v) is 6.04. The molecule has 0 saturated heterocycles. The molecule has 0 fully saturated rings. The number of thioether (sulfide) groups is 1. The zero-order chi connectivity index (χ0) is 26.9. The number of carbonyl (C=O) groups is 3. The van der Waals surface area contributed by atoms with E-state index in [1.807, 2.05) is 31.4 Å². The highest BCUT2D eigenvalue weighted by Crippen LogP contribution is 2.27. The van der Waals surface area contributed by atoms with Crippen LogP contribution in [-0.4, -0.2) is 58.1 Å². The van der Waals surface area contributed by atoms with Gasteiger partial charge in [0.2, 0.25) is 5.91 Å². The summed E-state index contributed by atoms with van der Waals surface area (Å²) in [5, 5.41) is 15.4. The Morgan fingerprint density at radius 1 is 1.08 bits per heavy atom. The summed E-state index contributed by atoms with van der Waals surface area (Å²) in [4.78, 5) is 41.4. The largest absolute Gasteiger partial charge is 0.508 e. The first-order valence-corrected chi connectivity index (χ1v) is 13.3. The number of amides is 3. The van der Waals surface area contributed by atoms with Crippen LogP contribution < -0.4 is 10.6 Å². The standard InChI is InChI=1S/C27H37N3O5S/c1-7-30(25(33)22(16-17-36-6)29-26(34)35-27(3,4)5)23(19-12-14-20(31)15-13-19)24(32)28-21-11-9-8-10-18(21)2/h8-15,22-23,31H,7,16-17H2,1-6H3,(H,28,32)(H,29,34). The second kappa shape index (κ2) is 13.2. The SMILES string of the molecule is CCN(C(=O)C(CCSC)NC(=O)OC(C)(C)C)C(C(=O)Nc1ccccc1C)c1ccc(O)cc1. The van der Waals surface area contributed by atoms with Gasteiger partial charge in [-0.2, -0.15) is 11.8 Å². The molecule has 0 aliphatic heterocycles. The minimum absolute atomic E-state index is 0.0515. The van der Waals surface area contributed by atoms with Crippen LogP contribution in [0, 0.1) is 6.92 Å². The number of hydrogen-bond acceptors (Lipinski definition) is 6. The van der Waals surface area contributed by atoms with Crippen LogP contribution in [0.15, 0.2) is 48.5 Å². The van der Waals surface area contributed by atoms with Crippen molar-refractivity contribution in [2.75, 3.05) is 23.9 Å². The topological polar surface area (TPSA) is 108 Å². The molecule has 3 N–H and O–H groups in total. The summed E-state index contributed by atoms with van der Waals surface area (Å²) in [5.41, 5.74) is 1.34. The van der Waals surface area contributed by atoms with Crippen molar-refractivity contribution in [3.05, 3.63) is 59.7 Å². The van der Waals surface area contributed by atoms with E-state index in [0.717, 1.165) is 5.56 Å². The van der Waals surface area contributed by atoms with Crippen molar-refractivity contribution < 1.29 is 24.2 Å². The van der Waals surface area contributed by atoms with Crippen LogP contribution in [0.2, 0.25) is 0 Å². The molecule has 0 heterocycles. The summed E-state index contributed by atoms with van der Waals surface area (Å²) in [5.74, 6) is -0.111. The molecule has 36 heavy (non-hydrogen) atoms. The molecule has 0 aliphatic carbocycles. The third kappa shape index (κ3) is 8.48. The molecule has 0 spiro atoms. The molecular formula is C27H37N3O5S. The van der Waals surface area contributed by atoms with Gasteiger partial charge in [-0.15, -0.1) is 0 Å². The van der Waals surface area contributed by atoms with Crippen LogP contribution in [0.3, 0.4) is 0 Å². The number of aromatic hydroxyl groups is 1. The number of para-hydroxylation sites is 1. The van der Waals surface area contributed by atoms with Gasteiger partial charge in [-0.25, -0.2) is 4.79 Å². The molecule has 0 radical (unpaired) electrons. The summed E-state index contributed by atoms with van der Waals surface area (Å²) in [6, 6.07) is 11.7. The van der Waals surface area contributed by atoms with Gasteiger partial charge in [0.1, 0.15) is 23.4 Å². The first kappa shape index (κ1) is 29.0. The maximum Gasteiger partial charge on any atom is 0.408 e. The molecule has 2 rings (SSSR count). The quantitative estimate of drug-likeness (QED) is 0.416. The molecule has 2 aromatic rings. The van der Waals surface area contributed by atoms with Gasteiger partial charge in [0, 0.05) is 12.2 Å². The number of nitrogens with one attached hydrogen (secondary N) is 2. The van der Waals surface area contributed by atoms with E-state index in [1.165, 1.54) is 17.0 Å². The van der Waals surface area contributed by atoms with E-state index < -0.39 is 35.6 Å². The second-order valence-electron chi connectivity index (χ2n) is 9.40. The molecule has 2 unspecified atom stereocenters. The molecule has 196 valence electrons. The van der Waals surface area contributed by atoms with Gasteiger partial charge in [-0.05, 0) is 82.4 Å². The molecule has 3 amide bonds. The van der Waals surface area contributed by atoms with E-state index in [9.17, 15) is 19.5 Å². The molecular weight excluding hydrogens is 478 g/mol. The Labute approximate surface area is 217 Å². The molecule has 2 aromatic carbocycles. The first-order chi connectivity index (χ1) is 17.0. The lowest BCUT2D eigenvalue weighted by Gasteiger charge is -2.34. The highest BCUT2D eigenvalue weighted by atomic mass is 32.2. The lowest BCUT2D eigenvalue weighted by molar-refractivity contribution is -0.140. The predicted octanol–water partition coefficient (Wildman–Crippen LogP) is 4.88. The number of alkyl carbamates (subject to hydrolysis) is 1. The van der Waals surface area contributed by atoms with Crippen LogP contribution in [0.5, 0.6) is 5.75 Å². The van der Waals surface area contributed by atoms with Gasteiger partial charge in [0.05, 0.1) is 0 Å². The molecule has 0 bridgehead atoms. The van der Waals surface area contributed by atoms with Crippen molar-refractivity contribution in [3.8, 4) is 5.75 Å². The van der Waals surface area contributed by atoms with Crippen LogP contribution in [0.1, 0.15) is 51.3 Å². The van der Waals surface area contributed by atoms with Crippen molar-refractivity contribution in [1.82, 2.24) is 10.2 Å². The number of ether oxygens (including phenoxy) is 1. The fourth-order valence-electron chi connectivity index (χ4n) is 3.65. The summed E-state index contributed by atoms with van der Waals surface area (Å²) < 4.78 is 5.37. The Balaban J connectivity index is 2.42. The monoisotopic (exact) mass is 515 g/mol. The Morgan fingerprint density at radius 3 is 2.28 bits per heavy atom. The minimum Gasteiger partial charge on any atom is -0.508 e. The fraction of sp³-hybridized carbons (Fsp3) is 0.444. The normalized spacial score (nSPS) is 12.8. The minimum atomic E-state index is -0.986. The Kier molecular flexibility index (Phi) is 10.6. The number of benzene rings is 2. The van der Waals surface area contributed by atoms with E-state index in [-0.39, 0.29) is 12.3 Å². The van der Waals surface area contributed by atoms with Crippen LogP contribution in [0.4, 0.5) is 10.5 Å². The number of hydrogen-bond donors (Lipinski definition) is 3.